The standard InChI is InChI=1S/C15H17N3S/c1-10-3-4-13(7-11(10)2)19-9-12-5-6-18-14(8-12)15(16)17/h3-8H,9H2,1-2H3,(H3,16,17). The van der Waals surface area contributed by atoms with Crippen molar-refractivity contribution in [2.24, 2.45) is 5.73 Å². The number of hydrogen-bond donors (Lipinski definition) is 2. The van der Waals surface area contributed by atoms with Crippen molar-refractivity contribution in [1.29, 1.82) is 5.41 Å². The molecule has 19 heavy (non-hydrogen) atoms. The summed E-state index contributed by atoms with van der Waals surface area (Å²) in [7, 11) is 0. The first-order chi connectivity index (χ1) is 9.06. The molecular weight excluding hydrogens is 254 g/mol. The highest BCUT2D eigenvalue weighted by atomic mass is 32.2. The van der Waals surface area contributed by atoms with Crippen molar-refractivity contribution in [3.05, 3.63) is 58.9 Å². The van der Waals surface area contributed by atoms with Crippen LogP contribution in [0.4, 0.5) is 0 Å². The Bertz CT molecular complexity index is 608. The van der Waals surface area contributed by atoms with Crippen LogP contribution in [0.3, 0.4) is 0 Å². The summed E-state index contributed by atoms with van der Waals surface area (Å²) in [6.45, 7) is 4.24. The van der Waals surface area contributed by atoms with E-state index in [0.717, 1.165) is 11.3 Å². The molecule has 0 saturated heterocycles. The number of nitrogen functional groups attached to an aromatic ring is 1. The average molecular weight is 271 g/mol. The molecule has 0 aliphatic rings. The van der Waals surface area contributed by atoms with Crippen LogP contribution in [0.2, 0.25) is 0 Å². The van der Waals surface area contributed by atoms with Crippen LogP contribution in [0.25, 0.3) is 0 Å². The Morgan fingerprint density at radius 3 is 2.68 bits per heavy atom. The number of aromatic nitrogens is 1. The summed E-state index contributed by atoms with van der Waals surface area (Å²) in [6, 6.07) is 10.3. The number of nitrogens with zero attached hydrogens (tertiary/aromatic N) is 1. The fourth-order valence-electron chi connectivity index (χ4n) is 1.68. The molecule has 0 radical (unpaired) electrons. The molecule has 0 spiro atoms. The van der Waals surface area contributed by atoms with E-state index in [2.05, 4.69) is 37.0 Å². The third-order valence-electron chi connectivity index (χ3n) is 2.98. The molecule has 3 N–H and O–H groups in total. The summed E-state index contributed by atoms with van der Waals surface area (Å²) in [4.78, 5) is 5.31. The minimum Gasteiger partial charge on any atom is -0.382 e. The molecule has 1 heterocycles. The van der Waals surface area contributed by atoms with Gasteiger partial charge in [0.2, 0.25) is 0 Å². The van der Waals surface area contributed by atoms with E-state index >= 15 is 0 Å². The molecule has 1 aromatic carbocycles. The van der Waals surface area contributed by atoms with Crippen molar-refractivity contribution in [1.82, 2.24) is 4.98 Å². The first-order valence-electron chi connectivity index (χ1n) is 6.05. The van der Waals surface area contributed by atoms with Gasteiger partial charge in [-0.2, -0.15) is 0 Å². The van der Waals surface area contributed by atoms with Gasteiger partial charge in [0.1, 0.15) is 11.5 Å². The second kappa shape index (κ2) is 5.89. The lowest BCUT2D eigenvalue weighted by Crippen LogP contribution is -2.13. The number of amidine groups is 1. The Morgan fingerprint density at radius 1 is 1.21 bits per heavy atom. The molecule has 0 bridgehead atoms. The van der Waals surface area contributed by atoms with Crippen LogP contribution in [-0.4, -0.2) is 10.8 Å². The van der Waals surface area contributed by atoms with Crippen LogP contribution >= 0.6 is 11.8 Å². The number of aryl methyl sites for hydroxylation is 2. The normalized spacial score (nSPS) is 10.4. The summed E-state index contributed by atoms with van der Waals surface area (Å²) < 4.78 is 0. The van der Waals surface area contributed by atoms with Gasteiger partial charge in [0.05, 0.1) is 0 Å². The van der Waals surface area contributed by atoms with Gasteiger partial charge in [-0.15, -0.1) is 11.8 Å². The second-order valence-electron chi connectivity index (χ2n) is 4.50. The van der Waals surface area contributed by atoms with Crippen molar-refractivity contribution >= 4 is 17.6 Å². The first kappa shape index (κ1) is 13.6. The molecule has 0 aliphatic heterocycles. The van der Waals surface area contributed by atoms with Gasteiger partial charge in [-0.1, -0.05) is 6.07 Å². The monoisotopic (exact) mass is 271 g/mol. The Morgan fingerprint density at radius 2 is 2.00 bits per heavy atom. The maximum absolute atomic E-state index is 7.39. The lowest BCUT2D eigenvalue weighted by Gasteiger charge is -2.06. The molecule has 0 saturated carbocycles. The Labute approximate surface area is 117 Å². The molecule has 2 aromatic rings. The summed E-state index contributed by atoms with van der Waals surface area (Å²) in [6.07, 6.45) is 1.70. The van der Waals surface area contributed by atoms with Crippen LogP contribution in [-0.2, 0) is 5.75 Å². The number of rotatable bonds is 4. The molecule has 2 rings (SSSR count). The number of pyridine rings is 1. The molecule has 0 amide bonds. The van der Waals surface area contributed by atoms with Gasteiger partial charge >= 0.3 is 0 Å². The van der Waals surface area contributed by atoms with Crippen molar-refractivity contribution in [3.8, 4) is 0 Å². The van der Waals surface area contributed by atoms with E-state index in [1.54, 1.807) is 18.0 Å². The third kappa shape index (κ3) is 3.58. The summed E-state index contributed by atoms with van der Waals surface area (Å²) >= 11 is 1.78. The Balaban J connectivity index is 2.07. The van der Waals surface area contributed by atoms with Gasteiger partial charge in [-0.05, 0) is 54.8 Å². The first-order valence-corrected chi connectivity index (χ1v) is 7.04. The summed E-state index contributed by atoms with van der Waals surface area (Å²) in [5, 5.41) is 7.39. The number of hydrogen-bond acceptors (Lipinski definition) is 3. The van der Waals surface area contributed by atoms with E-state index in [1.165, 1.54) is 16.0 Å². The molecule has 0 atom stereocenters. The third-order valence-corrected chi connectivity index (χ3v) is 4.05. The highest BCUT2D eigenvalue weighted by molar-refractivity contribution is 7.98. The predicted octanol–water partition coefficient (Wildman–Crippen LogP) is 3.27. The molecular formula is C15H17N3S. The predicted molar refractivity (Wildman–Crippen MR) is 80.7 cm³/mol. The Hall–Kier alpha value is -1.81. The minimum atomic E-state index is 0.0121. The SMILES string of the molecule is Cc1ccc(SCc2ccnc(C(=N)N)c2)cc1C. The fraction of sp³-hybridized carbons (Fsp3) is 0.200. The lowest BCUT2D eigenvalue weighted by molar-refractivity contribution is 1.21. The zero-order valence-corrected chi connectivity index (χ0v) is 11.9. The number of nitrogens with two attached hydrogens (primary N) is 1. The van der Waals surface area contributed by atoms with Gasteiger partial charge in [-0.25, -0.2) is 0 Å². The average Bonchev–Trinajstić information content (AvgIpc) is 2.40. The van der Waals surface area contributed by atoms with Gasteiger partial charge in [0.25, 0.3) is 0 Å². The maximum Gasteiger partial charge on any atom is 0.141 e. The highest BCUT2D eigenvalue weighted by Gasteiger charge is 2.02. The molecule has 1 aromatic heterocycles. The zero-order chi connectivity index (χ0) is 13.8. The van der Waals surface area contributed by atoms with Gasteiger partial charge in [0, 0.05) is 16.8 Å². The molecule has 0 aliphatic carbocycles. The van der Waals surface area contributed by atoms with Crippen LogP contribution < -0.4 is 5.73 Å². The molecule has 3 nitrogen and oxygen atoms in total. The smallest absolute Gasteiger partial charge is 0.141 e. The molecule has 4 heteroatoms. The van der Waals surface area contributed by atoms with Crippen molar-refractivity contribution in [2.45, 2.75) is 24.5 Å². The minimum absolute atomic E-state index is 0.0121. The van der Waals surface area contributed by atoms with E-state index in [9.17, 15) is 0 Å². The van der Waals surface area contributed by atoms with Crippen molar-refractivity contribution in [3.63, 3.8) is 0 Å². The van der Waals surface area contributed by atoms with E-state index in [1.807, 2.05) is 12.1 Å². The maximum atomic E-state index is 7.39. The van der Waals surface area contributed by atoms with Crippen molar-refractivity contribution < 1.29 is 0 Å². The van der Waals surface area contributed by atoms with Gasteiger partial charge in [0.15, 0.2) is 0 Å². The van der Waals surface area contributed by atoms with Crippen LogP contribution in [0.1, 0.15) is 22.4 Å². The van der Waals surface area contributed by atoms with Crippen LogP contribution in [0, 0.1) is 19.3 Å². The largest absolute Gasteiger partial charge is 0.382 e. The molecule has 0 fully saturated rings. The van der Waals surface area contributed by atoms with E-state index in [0.29, 0.717) is 5.69 Å². The number of nitrogens with one attached hydrogen (secondary N) is 1. The van der Waals surface area contributed by atoms with E-state index in [-0.39, 0.29) is 5.84 Å². The zero-order valence-electron chi connectivity index (χ0n) is 11.1. The second-order valence-corrected chi connectivity index (χ2v) is 5.55. The molecule has 98 valence electrons. The topological polar surface area (TPSA) is 62.8 Å². The summed E-state index contributed by atoms with van der Waals surface area (Å²) in [5.41, 5.74) is 9.73. The quantitative estimate of drug-likeness (QED) is 0.509. The van der Waals surface area contributed by atoms with E-state index in [4.69, 9.17) is 11.1 Å². The van der Waals surface area contributed by atoms with Gasteiger partial charge in [-0.3, -0.25) is 10.4 Å². The van der Waals surface area contributed by atoms with Crippen LogP contribution in [0.15, 0.2) is 41.4 Å². The lowest BCUT2D eigenvalue weighted by atomic mass is 10.1. The number of thioether (sulfide) groups is 1. The van der Waals surface area contributed by atoms with Crippen molar-refractivity contribution in [2.75, 3.05) is 0 Å². The number of benzene rings is 1. The molecule has 0 unspecified atom stereocenters. The fourth-order valence-corrected chi connectivity index (χ4v) is 2.62. The highest BCUT2D eigenvalue weighted by Crippen LogP contribution is 2.24. The Kier molecular flexibility index (Phi) is 4.22. The van der Waals surface area contributed by atoms with Crippen LogP contribution in [0.5, 0.6) is 0 Å². The van der Waals surface area contributed by atoms with E-state index < -0.39 is 0 Å². The van der Waals surface area contributed by atoms with Gasteiger partial charge < -0.3 is 5.73 Å². The summed E-state index contributed by atoms with van der Waals surface area (Å²) in [5.74, 6) is 0.865.